The highest BCUT2D eigenvalue weighted by molar-refractivity contribution is 6.42. The molecule has 200 valence electrons. The van der Waals surface area contributed by atoms with E-state index in [-0.39, 0.29) is 17.6 Å². The van der Waals surface area contributed by atoms with Crippen molar-refractivity contribution in [2.24, 2.45) is 0 Å². The molecule has 2 N–H and O–H groups in total. The molecule has 10 heteroatoms. The van der Waals surface area contributed by atoms with E-state index >= 15 is 0 Å². The third-order valence-electron chi connectivity index (χ3n) is 6.12. The highest BCUT2D eigenvalue weighted by Crippen LogP contribution is 2.23. The zero-order valence-electron chi connectivity index (χ0n) is 20.6. The van der Waals surface area contributed by atoms with E-state index < -0.39 is 11.6 Å². The van der Waals surface area contributed by atoms with Gasteiger partial charge in [0.1, 0.15) is 0 Å². The van der Waals surface area contributed by atoms with Crippen molar-refractivity contribution in [3.05, 3.63) is 69.7 Å². The summed E-state index contributed by atoms with van der Waals surface area (Å²) in [5, 5.41) is 6.46. The highest BCUT2D eigenvalue weighted by atomic mass is 35.5. The molecule has 0 saturated carbocycles. The van der Waals surface area contributed by atoms with Crippen molar-refractivity contribution in [1.29, 1.82) is 0 Å². The van der Waals surface area contributed by atoms with Gasteiger partial charge in [0, 0.05) is 44.0 Å². The summed E-state index contributed by atoms with van der Waals surface area (Å²) in [4.78, 5) is 28.5. The van der Waals surface area contributed by atoms with Gasteiger partial charge in [-0.25, -0.2) is 13.6 Å². The molecule has 1 fully saturated rings. The first-order chi connectivity index (χ1) is 17.8. The first kappa shape index (κ1) is 28.9. The summed E-state index contributed by atoms with van der Waals surface area (Å²) in [6.45, 7) is 4.46. The molecule has 1 aliphatic rings. The van der Waals surface area contributed by atoms with Gasteiger partial charge < -0.3 is 20.4 Å². The standard InChI is InChI=1S/C27H32Cl2F2N4O2/c28-22-9-6-20(18-23(22)29)7-11-26(36)32-12-3-1-2-4-13-34-14-5-15-35(17-16-34)27(37)33-21-8-10-24(30)25(31)19-21/h6-11,18-19H,1-5,12-17H2,(H,32,36)(H,33,37)/b11-7+. The van der Waals surface area contributed by atoms with Gasteiger partial charge in [0.25, 0.3) is 0 Å². The number of benzene rings is 2. The number of carbonyl (C=O) groups is 2. The SMILES string of the molecule is O=C(/C=C/c1ccc(Cl)c(Cl)c1)NCCCCCCN1CCCN(C(=O)Nc2ccc(F)c(F)c2)CC1. The van der Waals surface area contributed by atoms with Crippen LogP contribution in [0.4, 0.5) is 19.3 Å². The van der Waals surface area contributed by atoms with Crippen LogP contribution in [0.15, 0.2) is 42.5 Å². The number of nitrogens with one attached hydrogen (secondary N) is 2. The fourth-order valence-electron chi connectivity index (χ4n) is 4.05. The van der Waals surface area contributed by atoms with Crippen molar-refractivity contribution in [2.75, 3.05) is 44.6 Å². The number of carbonyl (C=O) groups excluding carboxylic acids is 2. The van der Waals surface area contributed by atoms with E-state index in [0.717, 1.165) is 69.4 Å². The molecule has 0 spiro atoms. The van der Waals surface area contributed by atoms with E-state index in [2.05, 4.69) is 15.5 Å². The van der Waals surface area contributed by atoms with E-state index in [1.54, 1.807) is 29.2 Å². The average molecular weight is 553 g/mol. The minimum absolute atomic E-state index is 0.145. The van der Waals surface area contributed by atoms with Gasteiger partial charge in [-0.2, -0.15) is 0 Å². The Kier molecular flexibility index (Phi) is 11.6. The van der Waals surface area contributed by atoms with Crippen molar-refractivity contribution >= 4 is 46.9 Å². The van der Waals surface area contributed by atoms with E-state index in [1.807, 2.05) is 0 Å². The second kappa shape index (κ2) is 14.9. The largest absolute Gasteiger partial charge is 0.353 e. The van der Waals surface area contributed by atoms with Crippen LogP contribution in [0.2, 0.25) is 10.0 Å². The molecule has 0 atom stereocenters. The molecule has 0 radical (unpaired) electrons. The number of hydrogen-bond acceptors (Lipinski definition) is 3. The Bertz CT molecular complexity index is 1100. The van der Waals surface area contributed by atoms with Crippen LogP contribution in [0.3, 0.4) is 0 Å². The summed E-state index contributed by atoms with van der Waals surface area (Å²) in [7, 11) is 0. The zero-order valence-corrected chi connectivity index (χ0v) is 22.1. The van der Waals surface area contributed by atoms with Crippen LogP contribution in [-0.4, -0.2) is 61.0 Å². The Labute approximate surface area is 226 Å². The number of nitrogens with zero attached hydrogens (tertiary/aromatic N) is 2. The van der Waals surface area contributed by atoms with Crippen molar-refractivity contribution in [2.45, 2.75) is 32.1 Å². The number of halogens is 4. The smallest absolute Gasteiger partial charge is 0.321 e. The van der Waals surface area contributed by atoms with Crippen molar-refractivity contribution < 1.29 is 18.4 Å². The fourth-order valence-corrected chi connectivity index (χ4v) is 4.35. The Morgan fingerprint density at radius 1 is 0.892 bits per heavy atom. The molecule has 2 aromatic carbocycles. The van der Waals surface area contributed by atoms with Crippen LogP contribution < -0.4 is 10.6 Å². The molecule has 37 heavy (non-hydrogen) atoms. The van der Waals surface area contributed by atoms with Gasteiger partial charge in [0.05, 0.1) is 10.0 Å². The number of amides is 3. The lowest BCUT2D eigenvalue weighted by Crippen LogP contribution is -2.38. The topological polar surface area (TPSA) is 64.7 Å². The second-order valence-corrected chi connectivity index (χ2v) is 9.77. The Morgan fingerprint density at radius 3 is 2.49 bits per heavy atom. The molecule has 0 bridgehead atoms. The molecular formula is C27H32Cl2F2N4O2. The van der Waals surface area contributed by atoms with Crippen LogP contribution in [0.5, 0.6) is 0 Å². The Balaban J connectivity index is 1.25. The maximum atomic E-state index is 13.4. The summed E-state index contributed by atoms with van der Waals surface area (Å²) in [6, 6.07) is 8.23. The maximum absolute atomic E-state index is 13.4. The van der Waals surface area contributed by atoms with E-state index in [4.69, 9.17) is 23.2 Å². The van der Waals surface area contributed by atoms with E-state index in [1.165, 1.54) is 12.1 Å². The minimum Gasteiger partial charge on any atom is -0.353 e. The Morgan fingerprint density at radius 2 is 1.70 bits per heavy atom. The first-order valence-electron chi connectivity index (χ1n) is 12.5. The molecule has 3 amide bonds. The average Bonchev–Trinajstić information content (AvgIpc) is 3.12. The summed E-state index contributed by atoms with van der Waals surface area (Å²) in [5.41, 5.74) is 1.05. The lowest BCUT2D eigenvalue weighted by atomic mass is 10.2. The lowest BCUT2D eigenvalue weighted by Gasteiger charge is -2.22. The summed E-state index contributed by atoms with van der Waals surface area (Å²) in [6.07, 6.45) is 8.08. The first-order valence-corrected chi connectivity index (χ1v) is 13.2. The molecule has 3 rings (SSSR count). The van der Waals surface area contributed by atoms with Gasteiger partial charge >= 0.3 is 6.03 Å². The van der Waals surface area contributed by atoms with Gasteiger partial charge in [0.2, 0.25) is 5.91 Å². The number of rotatable bonds is 10. The summed E-state index contributed by atoms with van der Waals surface area (Å²) >= 11 is 11.9. The van der Waals surface area contributed by atoms with Crippen molar-refractivity contribution in [1.82, 2.24) is 15.1 Å². The second-order valence-electron chi connectivity index (χ2n) is 8.95. The van der Waals surface area contributed by atoms with Gasteiger partial charge in [0.15, 0.2) is 11.6 Å². The number of unbranched alkanes of at least 4 members (excludes halogenated alkanes) is 3. The quantitative estimate of drug-likeness (QED) is 0.272. The van der Waals surface area contributed by atoms with Crippen LogP contribution in [0.25, 0.3) is 6.08 Å². The highest BCUT2D eigenvalue weighted by Gasteiger charge is 2.19. The number of anilines is 1. The van der Waals surface area contributed by atoms with Crippen LogP contribution in [0, 0.1) is 11.6 Å². The molecule has 2 aromatic rings. The molecule has 1 heterocycles. The van der Waals surface area contributed by atoms with Crippen molar-refractivity contribution in [3.8, 4) is 0 Å². The fraction of sp³-hybridized carbons (Fsp3) is 0.407. The maximum Gasteiger partial charge on any atom is 0.321 e. The van der Waals surface area contributed by atoms with Crippen LogP contribution >= 0.6 is 23.2 Å². The lowest BCUT2D eigenvalue weighted by molar-refractivity contribution is -0.116. The third kappa shape index (κ3) is 9.95. The number of hydrogen-bond donors (Lipinski definition) is 2. The van der Waals surface area contributed by atoms with Crippen LogP contribution in [0.1, 0.15) is 37.7 Å². The van der Waals surface area contributed by atoms with E-state index in [0.29, 0.717) is 29.7 Å². The van der Waals surface area contributed by atoms with Gasteiger partial charge in [-0.1, -0.05) is 42.1 Å². The summed E-state index contributed by atoms with van der Waals surface area (Å²) in [5.74, 6) is -2.07. The van der Waals surface area contributed by atoms with E-state index in [9.17, 15) is 18.4 Å². The summed E-state index contributed by atoms with van der Waals surface area (Å²) < 4.78 is 26.5. The van der Waals surface area contributed by atoms with Gasteiger partial charge in [-0.3, -0.25) is 4.79 Å². The molecule has 0 aliphatic carbocycles. The zero-order chi connectivity index (χ0) is 26.6. The molecule has 0 unspecified atom stereocenters. The molecule has 1 saturated heterocycles. The minimum atomic E-state index is -0.987. The molecule has 0 aromatic heterocycles. The predicted octanol–water partition coefficient (Wildman–Crippen LogP) is 6.20. The normalized spacial score (nSPS) is 14.5. The predicted molar refractivity (Wildman–Crippen MR) is 145 cm³/mol. The third-order valence-corrected chi connectivity index (χ3v) is 6.86. The van der Waals surface area contributed by atoms with Gasteiger partial charge in [-0.15, -0.1) is 0 Å². The van der Waals surface area contributed by atoms with Crippen molar-refractivity contribution in [3.63, 3.8) is 0 Å². The molecule has 1 aliphatic heterocycles. The van der Waals surface area contributed by atoms with Crippen LogP contribution in [-0.2, 0) is 4.79 Å². The molecular weight excluding hydrogens is 521 g/mol. The monoisotopic (exact) mass is 552 g/mol. The molecule has 6 nitrogen and oxygen atoms in total. The van der Waals surface area contributed by atoms with Gasteiger partial charge in [-0.05, 0) is 68.3 Å². The Hall–Kier alpha value is -2.68. The number of urea groups is 1.